The quantitative estimate of drug-likeness (QED) is 0.403. The number of hydrogen-bond donors (Lipinski definition) is 1. The number of nitrogens with one attached hydrogen (secondary N) is 1. The Morgan fingerprint density at radius 3 is 2.65 bits per heavy atom. The summed E-state index contributed by atoms with van der Waals surface area (Å²) in [5, 5.41) is 8.67. The van der Waals surface area contributed by atoms with Crippen molar-refractivity contribution in [3.05, 3.63) is 65.2 Å². The molecule has 1 aliphatic rings. The molecule has 0 aliphatic carbocycles. The Hall–Kier alpha value is -3.85. The molecule has 4 aromatic rings. The van der Waals surface area contributed by atoms with Crippen molar-refractivity contribution in [1.82, 2.24) is 29.6 Å². The van der Waals surface area contributed by atoms with Gasteiger partial charge in [0.25, 0.3) is 5.91 Å². The summed E-state index contributed by atoms with van der Waals surface area (Å²) < 4.78 is 7.37. The second-order valence-corrected chi connectivity index (χ2v) is 9.61. The van der Waals surface area contributed by atoms with E-state index < -0.39 is 0 Å². The van der Waals surface area contributed by atoms with E-state index in [4.69, 9.17) is 14.7 Å². The first-order chi connectivity index (χ1) is 17.9. The van der Waals surface area contributed by atoms with Crippen LogP contribution in [-0.2, 0) is 17.8 Å². The summed E-state index contributed by atoms with van der Waals surface area (Å²) in [4.78, 5) is 29.5. The molecule has 3 aromatic heterocycles. The Morgan fingerprint density at radius 1 is 1.14 bits per heavy atom. The molecule has 1 amide bonds. The third-order valence-corrected chi connectivity index (χ3v) is 6.90. The molecule has 1 fully saturated rings. The van der Waals surface area contributed by atoms with Crippen molar-refractivity contribution >= 4 is 22.5 Å². The highest BCUT2D eigenvalue weighted by Gasteiger charge is 2.21. The number of amides is 1. The number of nitrogens with zero attached hydrogens (tertiary/aromatic N) is 6. The van der Waals surface area contributed by atoms with Crippen LogP contribution >= 0.6 is 0 Å². The normalized spacial score (nSPS) is 14.2. The molecule has 192 valence electrons. The summed E-state index contributed by atoms with van der Waals surface area (Å²) in [6, 6.07) is 10.2. The number of benzene rings is 1. The molecule has 9 nitrogen and oxygen atoms in total. The first kappa shape index (κ1) is 24.8. The molecule has 0 spiro atoms. The van der Waals surface area contributed by atoms with Gasteiger partial charge in [-0.2, -0.15) is 5.10 Å². The zero-order valence-corrected chi connectivity index (χ0v) is 21.9. The van der Waals surface area contributed by atoms with Crippen LogP contribution < -0.4 is 5.32 Å². The number of anilines is 1. The topological polar surface area (TPSA) is 98.1 Å². The summed E-state index contributed by atoms with van der Waals surface area (Å²) in [6.07, 6.45) is 5.59. The van der Waals surface area contributed by atoms with Gasteiger partial charge in [0, 0.05) is 56.0 Å². The fraction of sp³-hybridized carbons (Fsp3) is 0.393. The van der Waals surface area contributed by atoms with Gasteiger partial charge in [0.1, 0.15) is 11.4 Å². The molecular formula is C28H33N7O2. The van der Waals surface area contributed by atoms with Gasteiger partial charge < -0.3 is 15.0 Å². The summed E-state index contributed by atoms with van der Waals surface area (Å²) >= 11 is 0. The number of carbonyl (C=O) groups is 1. The third-order valence-electron chi connectivity index (χ3n) is 6.90. The Kier molecular flexibility index (Phi) is 7.14. The van der Waals surface area contributed by atoms with Gasteiger partial charge in [-0.05, 0) is 57.9 Å². The molecule has 1 aliphatic heterocycles. The second kappa shape index (κ2) is 10.6. The van der Waals surface area contributed by atoms with E-state index in [9.17, 15) is 4.79 Å². The lowest BCUT2D eigenvalue weighted by Gasteiger charge is -2.24. The van der Waals surface area contributed by atoms with Gasteiger partial charge in [-0.25, -0.2) is 9.97 Å². The summed E-state index contributed by atoms with van der Waals surface area (Å²) in [6.45, 7) is 8.87. The molecule has 0 unspecified atom stereocenters. The van der Waals surface area contributed by atoms with Crippen LogP contribution in [0.25, 0.3) is 22.4 Å². The fourth-order valence-electron chi connectivity index (χ4n) is 4.68. The molecule has 4 heterocycles. The smallest absolute Gasteiger partial charge is 0.273 e. The molecule has 0 atom stereocenters. The number of fused-ring (bicyclic) bond motifs is 1. The van der Waals surface area contributed by atoms with Crippen molar-refractivity contribution in [2.24, 2.45) is 0 Å². The van der Waals surface area contributed by atoms with Crippen LogP contribution in [0.5, 0.6) is 0 Å². The van der Waals surface area contributed by atoms with E-state index in [1.165, 1.54) is 0 Å². The lowest BCUT2D eigenvalue weighted by molar-refractivity contribution is 0.0781. The van der Waals surface area contributed by atoms with Gasteiger partial charge in [0.2, 0.25) is 0 Å². The molecule has 1 aromatic carbocycles. The zero-order valence-electron chi connectivity index (χ0n) is 21.9. The molecule has 0 saturated carbocycles. The monoisotopic (exact) mass is 499 g/mol. The Labute approximate surface area is 216 Å². The molecule has 1 saturated heterocycles. The Bertz CT molecular complexity index is 1410. The zero-order chi connectivity index (χ0) is 25.9. The summed E-state index contributed by atoms with van der Waals surface area (Å²) in [5.41, 5.74) is 5.78. The highest BCUT2D eigenvalue weighted by atomic mass is 16.5. The maximum atomic E-state index is 13.7. The van der Waals surface area contributed by atoms with Crippen LogP contribution in [-0.4, -0.2) is 61.8 Å². The molecule has 1 N–H and O–H groups in total. The van der Waals surface area contributed by atoms with Crippen molar-refractivity contribution in [1.29, 1.82) is 0 Å². The van der Waals surface area contributed by atoms with Gasteiger partial charge in [-0.3, -0.25) is 14.5 Å². The van der Waals surface area contributed by atoms with E-state index in [0.717, 1.165) is 60.5 Å². The Morgan fingerprint density at radius 2 is 1.95 bits per heavy atom. The fourth-order valence-corrected chi connectivity index (χ4v) is 4.68. The molecule has 37 heavy (non-hydrogen) atoms. The summed E-state index contributed by atoms with van der Waals surface area (Å²) in [7, 11) is 1.80. The van der Waals surface area contributed by atoms with Gasteiger partial charge in [-0.15, -0.1) is 0 Å². The predicted octanol–water partition coefficient (Wildman–Crippen LogP) is 4.39. The standard InChI is InChI=1S/C28H33N7O2/c1-5-35-19(3)20(15-30-35)17-34(4)28(36)26-23-14-18(2)6-8-24(23)32-27(33-26)25-9-7-22(16-29-25)31-21-10-12-37-13-11-21/h6-9,14-16,21,31H,5,10-13,17H2,1-4H3. The highest BCUT2D eigenvalue weighted by Crippen LogP contribution is 2.25. The lowest BCUT2D eigenvalue weighted by Crippen LogP contribution is -2.28. The molecule has 9 heteroatoms. The van der Waals surface area contributed by atoms with Crippen molar-refractivity contribution < 1.29 is 9.53 Å². The van der Waals surface area contributed by atoms with E-state index in [1.54, 1.807) is 18.1 Å². The minimum atomic E-state index is -0.166. The van der Waals surface area contributed by atoms with Crippen molar-refractivity contribution in [3.63, 3.8) is 0 Å². The summed E-state index contributed by atoms with van der Waals surface area (Å²) in [5.74, 6) is 0.265. The number of ether oxygens (including phenoxy) is 1. The number of aryl methyl sites for hydroxylation is 2. The number of aromatic nitrogens is 5. The maximum absolute atomic E-state index is 13.7. The van der Waals surface area contributed by atoms with E-state index in [2.05, 4.69) is 22.3 Å². The van der Waals surface area contributed by atoms with E-state index in [0.29, 0.717) is 35.3 Å². The average Bonchev–Trinajstić information content (AvgIpc) is 3.27. The first-order valence-corrected chi connectivity index (χ1v) is 12.8. The number of hydrogen-bond acceptors (Lipinski definition) is 7. The largest absolute Gasteiger partial charge is 0.381 e. The number of pyridine rings is 1. The van der Waals surface area contributed by atoms with Gasteiger partial charge in [0.15, 0.2) is 5.82 Å². The SMILES string of the molecule is CCn1ncc(CN(C)C(=O)c2nc(-c3ccc(NC4CCOCC4)cn3)nc3ccc(C)cc23)c1C. The van der Waals surface area contributed by atoms with Crippen molar-refractivity contribution in [2.45, 2.75) is 52.7 Å². The minimum absolute atomic E-state index is 0.166. The van der Waals surface area contributed by atoms with Crippen molar-refractivity contribution in [3.8, 4) is 11.5 Å². The van der Waals surface area contributed by atoms with Gasteiger partial charge >= 0.3 is 0 Å². The van der Waals surface area contributed by atoms with Crippen LogP contribution in [0.15, 0.2) is 42.7 Å². The first-order valence-electron chi connectivity index (χ1n) is 12.8. The average molecular weight is 500 g/mol. The minimum Gasteiger partial charge on any atom is -0.381 e. The van der Waals surface area contributed by atoms with E-state index in [1.807, 2.05) is 55.1 Å². The van der Waals surface area contributed by atoms with Crippen molar-refractivity contribution in [2.75, 3.05) is 25.6 Å². The molecule has 0 bridgehead atoms. The van der Waals surface area contributed by atoms with Crippen LogP contribution in [0.4, 0.5) is 5.69 Å². The number of carbonyl (C=O) groups excluding carboxylic acids is 1. The molecular weight excluding hydrogens is 466 g/mol. The third kappa shape index (κ3) is 5.32. The lowest BCUT2D eigenvalue weighted by atomic mass is 10.1. The van der Waals surface area contributed by atoms with Crippen LogP contribution in [0.3, 0.4) is 0 Å². The van der Waals surface area contributed by atoms with Crippen LogP contribution in [0.1, 0.15) is 47.1 Å². The Balaban J connectivity index is 1.45. The van der Waals surface area contributed by atoms with Gasteiger partial charge in [-0.1, -0.05) is 11.6 Å². The molecule has 5 rings (SSSR count). The highest BCUT2D eigenvalue weighted by molar-refractivity contribution is 6.04. The number of rotatable bonds is 7. The van der Waals surface area contributed by atoms with Crippen LogP contribution in [0, 0.1) is 13.8 Å². The molecule has 0 radical (unpaired) electrons. The maximum Gasteiger partial charge on any atom is 0.273 e. The van der Waals surface area contributed by atoms with Gasteiger partial charge in [0.05, 0.1) is 23.6 Å². The second-order valence-electron chi connectivity index (χ2n) is 9.61. The van der Waals surface area contributed by atoms with E-state index >= 15 is 0 Å². The van der Waals surface area contributed by atoms with E-state index in [-0.39, 0.29) is 5.91 Å². The predicted molar refractivity (Wildman–Crippen MR) is 143 cm³/mol. The van der Waals surface area contributed by atoms with Crippen LogP contribution in [0.2, 0.25) is 0 Å².